The van der Waals surface area contributed by atoms with Crippen LogP contribution in [0.5, 0.6) is 0 Å². The van der Waals surface area contributed by atoms with Gasteiger partial charge in [0.05, 0.1) is 0 Å². The molecule has 0 unspecified atom stereocenters. The maximum atomic E-state index is 11.2. The van der Waals surface area contributed by atoms with E-state index in [4.69, 9.17) is 5.21 Å². The Labute approximate surface area is 81.7 Å². The molecule has 0 aliphatic heterocycles. The summed E-state index contributed by atoms with van der Waals surface area (Å²) in [5, 5.41) is 9.37. The van der Waals surface area contributed by atoms with Crippen molar-refractivity contribution in [2.24, 2.45) is 0 Å². The number of amides is 1. The van der Waals surface area contributed by atoms with Gasteiger partial charge in [0.25, 0.3) is 5.91 Å². The minimum absolute atomic E-state index is 0.0543. The molecule has 1 aromatic rings. The van der Waals surface area contributed by atoms with Gasteiger partial charge in [-0.2, -0.15) is 0 Å². The standard InChI is InChI=1S/C10H11NO3/c1-7(12)8-3-5-9(6-4-8)10(13)11(2)14/h3-6,14H,1-2H3. The molecule has 0 aromatic heterocycles. The average Bonchev–Trinajstić information content (AvgIpc) is 2.16. The number of nitrogens with zero attached hydrogens (tertiary/aromatic N) is 1. The molecule has 1 rings (SSSR count). The third kappa shape index (κ3) is 2.17. The van der Waals surface area contributed by atoms with Gasteiger partial charge in [-0.05, 0) is 19.1 Å². The number of carbonyl (C=O) groups excluding carboxylic acids is 2. The van der Waals surface area contributed by atoms with Crippen LogP contribution in [0.4, 0.5) is 0 Å². The molecule has 0 saturated heterocycles. The number of hydrogen-bond acceptors (Lipinski definition) is 3. The summed E-state index contributed by atoms with van der Waals surface area (Å²) in [4.78, 5) is 22.1. The third-order valence-corrected chi connectivity index (χ3v) is 1.83. The Morgan fingerprint density at radius 2 is 1.57 bits per heavy atom. The third-order valence-electron chi connectivity index (χ3n) is 1.83. The number of benzene rings is 1. The average molecular weight is 193 g/mol. The van der Waals surface area contributed by atoms with Crippen LogP contribution in [0, 0.1) is 0 Å². The van der Waals surface area contributed by atoms with Crippen molar-refractivity contribution in [3.05, 3.63) is 35.4 Å². The fraction of sp³-hybridized carbons (Fsp3) is 0.200. The molecule has 0 heterocycles. The van der Waals surface area contributed by atoms with Crippen LogP contribution in [-0.2, 0) is 0 Å². The molecule has 14 heavy (non-hydrogen) atoms. The summed E-state index contributed by atoms with van der Waals surface area (Å²) in [5.74, 6) is -0.554. The minimum Gasteiger partial charge on any atom is -0.295 e. The normalized spacial score (nSPS) is 9.64. The van der Waals surface area contributed by atoms with E-state index >= 15 is 0 Å². The summed E-state index contributed by atoms with van der Waals surface area (Å²) < 4.78 is 0. The predicted molar refractivity (Wildman–Crippen MR) is 50.3 cm³/mol. The lowest BCUT2D eigenvalue weighted by Crippen LogP contribution is -2.22. The van der Waals surface area contributed by atoms with Crippen molar-refractivity contribution in [1.29, 1.82) is 0 Å². The van der Waals surface area contributed by atoms with Crippen molar-refractivity contribution in [2.75, 3.05) is 7.05 Å². The number of carbonyl (C=O) groups is 2. The van der Waals surface area contributed by atoms with Gasteiger partial charge in [0, 0.05) is 18.2 Å². The van der Waals surface area contributed by atoms with Gasteiger partial charge in [-0.3, -0.25) is 14.8 Å². The Bertz CT molecular complexity index is 354. The van der Waals surface area contributed by atoms with Crippen LogP contribution >= 0.6 is 0 Å². The van der Waals surface area contributed by atoms with E-state index in [1.54, 1.807) is 12.1 Å². The second-order valence-electron chi connectivity index (χ2n) is 2.96. The Morgan fingerprint density at radius 3 is 1.93 bits per heavy atom. The van der Waals surface area contributed by atoms with Crippen LogP contribution in [-0.4, -0.2) is 29.0 Å². The monoisotopic (exact) mass is 193 g/mol. The quantitative estimate of drug-likeness (QED) is 0.438. The smallest absolute Gasteiger partial charge is 0.276 e. The molecule has 74 valence electrons. The van der Waals surface area contributed by atoms with Gasteiger partial charge in [-0.1, -0.05) is 12.1 Å². The van der Waals surface area contributed by atoms with Gasteiger partial charge >= 0.3 is 0 Å². The lowest BCUT2D eigenvalue weighted by molar-refractivity contribution is -0.0374. The second-order valence-corrected chi connectivity index (χ2v) is 2.96. The molecule has 1 amide bonds. The topological polar surface area (TPSA) is 57.6 Å². The molecule has 1 N–H and O–H groups in total. The van der Waals surface area contributed by atoms with Crippen molar-refractivity contribution >= 4 is 11.7 Å². The molecule has 0 fully saturated rings. The Kier molecular flexibility index (Phi) is 2.99. The summed E-state index contributed by atoms with van der Waals surface area (Å²) in [6, 6.07) is 6.12. The van der Waals surface area contributed by atoms with Crippen molar-refractivity contribution < 1.29 is 14.8 Å². The van der Waals surface area contributed by atoms with Crippen LogP contribution in [0.3, 0.4) is 0 Å². The molecule has 0 bridgehead atoms. The van der Waals surface area contributed by atoms with Crippen LogP contribution < -0.4 is 0 Å². The van der Waals surface area contributed by atoms with Crippen LogP contribution in [0.1, 0.15) is 27.6 Å². The van der Waals surface area contributed by atoms with E-state index < -0.39 is 5.91 Å². The van der Waals surface area contributed by atoms with Gasteiger partial charge < -0.3 is 0 Å². The van der Waals surface area contributed by atoms with Crippen molar-refractivity contribution in [1.82, 2.24) is 5.06 Å². The zero-order valence-corrected chi connectivity index (χ0v) is 8.02. The molecule has 0 aliphatic rings. The lowest BCUT2D eigenvalue weighted by atomic mass is 10.1. The maximum absolute atomic E-state index is 11.2. The van der Waals surface area contributed by atoms with E-state index in [0.29, 0.717) is 16.2 Å². The summed E-state index contributed by atoms with van der Waals surface area (Å²) in [7, 11) is 1.25. The molecular formula is C10H11NO3. The maximum Gasteiger partial charge on any atom is 0.276 e. The van der Waals surface area contributed by atoms with Crippen LogP contribution in [0.15, 0.2) is 24.3 Å². The zero-order chi connectivity index (χ0) is 10.7. The predicted octanol–water partition coefficient (Wildman–Crippen LogP) is 1.35. The van der Waals surface area contributed by atoms with Gasteiger partial charge in [0.1, 0.15) is 0 Å². The van der Waals surface area contributed by atoms with Crippen molar-refractivity contribution in [3.8, 4) is 0 Å². The first-order valence-electron chi connectivity index (χ1n) is 4.10. The van der Waals surface area contributed by atoms with Crippen molar-refractivity contribution in [3.63, 3.8) is 0 Å². The highest BCUT2D eigenvalue weighted by molar-refractivity contribution is 5.97. The van der Waals surface area contributed by atoms with Crippen molar-refractivity contribution in [2.45, 2.75) is 6.92 Å². The summed E-state index contributed by atoms with van der Waals surface area (Å²) >= 11 is 0. The largest absolute Gasteiger partial charge is 0.295 e. The number of rotatable bonds is 2. The van der Waals surface area contributed by atoms with Crippen LogP contribution in [0.25, 0.3) is 0 Å². The highest BCUT2D eigenvalue weighted by Gasteiger charge is 2.09. The first-order chi connectivity index (χ1) is 6.52. The molecule has 1 aromatic carbocycles. The Balaban J connectivity index is 2.94. The molecule has 4 nitrogen and oxygen atoms in total. The van der Waals surface area contributed by atoms with Gasteiger partial charge in [-0.25, -0.2) is 5.06 Å². The van der Waals surface area contributed by atoms with Crippen LogP contribution in [0.2, 0.25) is 0 Å². The van der Waals surface area contributed by atoms with Gasteiger partial charge in [-0.15, -0.1) is 0 Å². The molecule has 0 saturated carbocycles. The number of hydrogen-bond donors (Lipinski definition) is 1. The molecule has 0 aliphatic carbocycles. The molecular weight excluding hydrogens is 182 g/mol. The Morgan fingerprint density at radius 1 is 1.14 bits per heavy atom. The molecule has 0 radical (unpaired) electrons. The van der Waals surface area contributed by atoms with E-state index in [0.717, 1.165) is 0 Å². The summed E-state index contributed by atoms with van der Waals surface area (Å²) in [6.45, 7) is 1.45. The number of ketones is 1. The lowest BCUT2D eigenvalue weighted by Gasteiger charge is -2.07. The van der Waals surface area contributed by atoms with E-state index in [1.165, 1.54) is 26.1 Å². The second kappa shape index (κ2) is 4.02. The van der Waals surface area contributed by atoms with E-state index in [2.05, 4.69) is 0 Å². The number of hydroxylamine groups is 2. The summed E-state index contributed by atoms with van der Waals surface area (Å²) in [5.41, 5.74) is 0.891. The first-order valence-corrected chi connectivity index (χ1v) is 4.10. The van der Waals surface area contributed by atoms with E-state index in [9.17, 15) is 9.59 Å². The first kappa shape index (κ1) is 10.4. The zero-order valence-electron chi connectivity index (χ0n) is 8.02. The summed E-state index contributed by atoms with van der Waals surface area (Å²) in [6.07, 6.45) is 0. The van der Waals surface area contributed by atoms with Gasteiger partial charge in [0.15, 0.2) is 5.78 Å². The highest BCUT2D eigenvalue weighted by Crippen LogP contribution is 2.06. The SMILES string of the molecule is CC(=O)c1ccc(C(=O)N(C)O)cc1. The van der Waals surface area contributed by atoms with Gasteiger partial charge in [0.2, 0.25) is 0 Å². The Hall–Kier alpha value is -1.68. The fourth-order valence-electron chi connectivity index (χ4n) is 1.03. The molecule has 4 heteroatoms. The molecule has 0 spiro atoms. The van der Waals surface area contributed by atoms with E-state index in [1.807, 2.05) is 0 Å². The molecule has 0 atom stereocenters. The number of Topliss-reactive ketones (excluding diaryl/α,β-unsaturated/α-hetero) is 1. The van der Waals surface area contributed by atoms with E-state index in [-0.39, 0.29) is 5.78 Å². The highest BCUT2D eigenvalue weighted by atomic mass is 16.5. The fourth-order valence-corrected chi connectivity index (χ4v) is 1.03. The minimum atomic E-state index is -0.500.